The van der Waals surface area contributed by atoms with Gasteiger partial charge < -0.3 is 24.6 Å². The number of carboxylic acids is 2. The molecule has 0 aliphatic carbocycles. The van der Waals surface area contributed by atoms with Crippen LogP contribution in [0.3, 0.4) is 0 Å². The Morgan fingerprint density at radius 1 is 0.926 bits per heavy atom. The van der Waals surface area contributed by atoms with E-state index in [1.54, 1.807) is 0 Å². The second-order valence-corrected chi connectivity index (χ2v) is 6.06. The lowest BCUT2D eigenvalue weighted by molar-refractivity contribution is -0.159. The van der Waals surface area contributed by atoms with Gasteiger partial charge in [-0.25, -0.2) is 9.59 Å². The van der Waals surface area contributed by atoms with Gasteiger partial charge in [-0.05, 0) is 25.1 Å². The van der Waals surface area contributed by atoms with Gasteiger partial charge in [-0.2, -0.15) is 0 Å². The van der Waals surface area contributed by atoms with Crippen molar-refractivity contribution in [1.82, 2.24) is 9.80 Å². The lowest BCUT2D eigenvalue weighted by Crippen LogP contribution is -2.47. The molecule has 0 radical (unpaired) electrons. The van der Waals surface area contributed by atoms with Crippen molar-refractivity contribution in [2.24, 2.45) is 0 Å². The van der Waals surface area contributed by atoms with Crippen LogP contribution < -0.4 is 9.47 Å². The number of ether oxygens (including phenoxy) is 2. The van der Waals surface area contributed by atoms with Crippen LogP contribution in [0.4, 0.5) is 0 Å². The van der Waals surface area contributed by atoms with E-state index in [-0.39, 0.29) is 0 Å². The standard InChI is InChI=1S/C17H28N2O2.C2H2O4/c1-3-13-20-16-6-5-7-17(15-16)21-14-12-19-10-8-18(4-2)9-11-19;3-1(4)2(5)6/h5-7,15H,3-4,8-14H2,1-2H3;(H,3,4)(H,5,6). The Hall–Kier alpha value is -2.32. The van der Waals surface area contributed by atoms with Gasteiger partial charge >= 0.3 is 11.9 Å². The van der Waals surface area contributed by atoms with Crippen molar-refractivity contribution in [3.63, 3.8) is 0 Å². The Morgan fingerprint density at radius 3 is 1.93 bits per heavy atom. The molecule has 0 saturated carbocycles. The van der Waals surface area contributed by atoms with E-state index in [0.717, 1.165) is 57.3 Å². The first-order valence-corrected chi connectivity index (χ1v) is 9.22. The fraction of sp³-hybridized carbons (Fsp3) is 0.579. The molecule has 8 nitrogen and oxygen atoms in total. The molecule has 0 aromatic heterocycles. The predicted molar refractivity (Wildman–Crippen MR) is 102 cm³/mol. The molecule has 1 aliphatic rings. The topological polar surface area (TPSA) is 99.5 Å². The van der Waals surface area contributed by atoms with Crippen LogP contribution in [0.2, 0.25) is 0 Å². The van der Waals surface area contributed by atoms with Gasteiger partial charge in [-0.15, -0.1) is 0 Å². The minimum absolute atomic E-state index is 0.739. The highest BCUT2D eigenvalue weighted by molar-refractivity contribution is 6.27. The normalized spacial score (nSPS) is 14.7. The zero-order chi connectivity index (χ0) is 20.1. The molecule has 1 heterocycles. The van der Waals surface area contributed by atoms with Crippen LogP contribution in [-0.2, 0) is 9.59 Å². The quantitative estimate of drug-likeness (QED) is 0.655. The Balaban J connectivity index is 0.000000527. The van der Waals surface area contributed by atoms with Gasteiger partial charge in [-0.1, -0.05) is 19.9 Å². The van der Waals surface area contributed by atoms with E-state index in [0.29, 0.717) is 0 Å². The van der Waals surface area contributed by atoms with Gasteiger partial charge in [0.25, 0.3) is 0 Å². The van der Waals surface area contributed by atoms with Crippen LogP contribution in [0.5, 0.6) is 11.5 Å². The van der Waals surface area contributed by atoms with Crippen LogP contribution in [0.15, 0.2) is 24.3 Å². The molecule has 0 bridgehead atoms. The first kappa shape index (κ1) is 22.7. The molecule has 0 spiro atoms. The smallest absolute Gasteiger partial charge is 0.414 e. The number of carboxylic acid groups (broad SMARTS) is 2. The van der Waals surface area contributed by atoms with Gasteiger partial charge in [-0.3, -0.25) is 4.90 Å². The average Bonchev–Trinajstić information content (AvgIpc) is 2.67. The predicted octanol–water partition coefficient (Wildman–Crippen LogP) is 1.65. The number of rotatable bonds is 8. The highest BCUT2D eigenvalue weighted by Gasteiger charge is 2.14. The summed E-state index contributed by atoms with van der Waals surface area (Å²) in [5.74, 6) is -1.85. The minimum Gasteiger partial charge on any atom is -0.493 e. The third kappa shape index (κ3) is 9.81. The number of hydrogen-bond acceptors (Lipinski definition) is 6. The highest BCUT2D eigenvalue weighted by atomic mass is 16.5. The molecule has 27 heavy (non-hydrogen) atoms. The summed E-state index contributed by atoms with van der Waals surface area (Å²) in [7, 11) is 0. The molecule has 0 unspecified atom stereocenters. The lowest BCUT2D eigenvalue weighted by atomic mass is 10.3. The van der Waals surface area contributed by atoms with Gasteiger partial charge in [0.1, 0.15) is 18.1 Å². The van der Waals surface area contributed by atoms with E-state index in [1.165, 1.54) is 13.1 Å². The van der Waals surface area contributed by atoms with Gasteiger partial charge in [0.15, 0.2) is 0 Å². The molecular weight excluding hydrogens is 352 g/mol. The Labute approximate surface area is 160 Å². The molecule has 0 atom stereocenters. The van der Waals surface area contributed by atoms with Gasteiger partial charge in [0.05, 0.1) is 6.61 Å². The third-order valence-electron chi connectivity index (χ3n) is 4.05. The summed E-state index contributed by atoms with van der Waals surface area (Å²) in [6.45, 7) is 12.6. The van der Waals surface area contributed by atoms with Crippen molar-refractivity contribution < 1.29 is 29.3 Å². The Bertz CT molecular complexity index is 561. The first-order chi connectivity index (χ1) is 13.0. The fourth-order valence-electron chi connectivity index (χ4n) is 2.50. The molecule has 1 aromatic rings. The van der Waals surface area contributed by atoms with Crippen molar-refractivity contribution in [3.8, 4) is 11.5 Å². The molecule has 1 aromatic carbocycles. The van der Waals surface area contributed by atoms with E-state index in [1.807, 2.05) is 24.3 Å². The zero-order valence-corrected chi connectivity index (χ0v) is 16.1. The van der Waals surface area contributed by atoms with Gasteiger partial charge in [0.2, 0.25) is 0 Å². The van der Waals surface area contributed by atoms with E-state index < -0.39 is 11.9 Å². The zero-order valence-electron chi connectivity index (χ0n) is 16.1. The van der Waals surface area contributed by atoms with Crippen LogP contribution in [-0.4, -0.2) is 84.4 Å². The minimum atomic E-state index is -1.82. The van der Waals surface area contributed by atoms with Crippen LogP contribution >= 0.6 is 0 Å². The first-order valence-electron chi connectivity index (χ1n) is 9.22. The second kappa shape index (κ2) is 12.9. The summed E-state index contributed by atoms with van der Waals surface area (Å²) >= 11 is 0. The molecule has 1 fully saturated rings. The Kier molecular flexibility index (Phi) is 10.9. The summed E-state index contributed by atoms with van der Waals surface area (Å²) in [6, 6.07) is 7.94. The molecule has 1 saturated heterocycles. The maximum Gasteiger partial charge on any atom is 0.414 e. The third-order valence-corrected chi connectivity index (χ3v) is 4.05. The maximum absolute atomic E-state index is 9.10. The summed E-state index contributed by atoms with van der Waals surface area (Å²) in [6.07, 6.45) is 1.02. The van der Waals surface area contributed by atoms with Crippen molar-refractivity contribution >= 4 is 11.9 Å². The van der Waals surface area contributed by atoms with Gasteiger partial charge in [0, 0.05) is 38.8 Å². The number of aliphatic carboxylic acids is 2. The SMILES string of the molecule is CCCOc1cccc(OCCN2CCN(CC)CC2)c1.O=C(O)C(=O)O. The number of carbonyl (C=O) groups is 2. The van der Waals surface area contributed by atoms with Crippen molar-refractivity contribution in [2.75, 3.05) is 52.5 Å². The largest absolute Gasteiger partial charge is 0.493 e. The molecule has 1 aliphatic heterocycles. The maximum atomic E-state index is 9.10. The van der Waals surface area contributed by atoms with Crippen LogP contribution in [0, 0.1) is 0 Å². The van der Waals surface area contributed by atoms with Crippen LogP contribution in [0.25, 0.3) is 0 Å². The molecule has 152 valence electrons. The number of benzene rings is 1. The van der Waals surface area contributed by atoms with Crippen molar-refractivity contribution in [1.29, 1.82) is 0 Å². The van der Waals surface area contributed by atoms with E-state index >= 15 is 0 Å². The molecular formula is C19H30N2O6. The number of nitrogens with zero attached hydrogens (tertiary/aromatic N) is 2. The summed E-state index contributed by atoms with van der Waals surface area (Å²) in [4.78, 5) is 23.2. The number of piperazine rings is 1. The van der Waals surface area contributed by atoms with Crippen LogP contribution in [0.1, 0.15) is 20.3 Å². The van der Waals surface area contributed by atoms with Crippen molar-refractivity contribution in [2.45, 2.75) is 20.3 Å². The second-order valence-electron chi connectivity index (χ2n) is 6.06. The monoisotopic (exact) mass is 382 g/mol. The molecule has 8 heteroatoms. The van der Waals surface area contributed by atoms with Crippen molar-refractivity contribution in [3.05, 3.63) is 24.3 Å². The molecule has 0 amide bonds. The average molecular weight is 382 g/mol. The fourth-order valence-corrected chi connectivity index (χ4v) is 2.50. The Morgan fingerprint density at radius 2 is 1.44 bits per heavy atom. The molecule has 2 N–H and O–H groups in total. The summed E-state index contributed by atoms with van der Waals surface area (Å²) < 4.78 is 11.5. The summed E-state index contributed by atoms with van der Waals surface area (Å²) in [5.41, 5.74) is 0. The van der Waals surface area contributed by atoms with E-state index in [9.17, 15) is 0 Å². The van der Waals surface area contributed by atoms with E-state index in [2.05, 4.69) is 23.6 Å². The number of hydrogen-bond donors (Lipinski definition) is 2. The highest BCUT2D eigenvalue weighted by Crippen LogP contribution is 2.19. The molecule has 2 rings (SSSR count). The summed E-state index contributed by atoms with van der Waals surface area (Å²) in [5, 5.41) is 14.8. The lowest BCUT2D eigenvalue weighted by Gasteiger charge is -2.33. The number of likely N-dealkylation sites (N-methyl/N-ethyl adjacent to an activating group) is 1. The van der Waals surface area contributed by atoms with E-state index in [4.69, 9.17) is 29.3 Å².